The van der Waals surface area contributed by atoms with E-state index < -0.39 is 0 Å². The zero-order valence-electron chi connectivity index (χ0n) is 14.8. The first-order chi connectivity index (χ1) is 11.9. The zero-order chi connectivity index (χ0) is 17.9. The van der Waals surface area contributed by atoms with Crippen molar-refractivity contribution in [1.29, 1.82) is 0 Å². The highest BCUT2D eigenvalue weighted by Crippen LogP contribution is 2.13. The summed E-state index contributed by atoms with van der Waals surface area (Å²) in [6.07, 6.45) is 7.10. The van der Waals surface area contributed by atoms with E-state index in [1.165, 1.54) is 5.56 Å². The molecule has 0 aliphatic heterocycles. The quantitative estimate of drug-likeness (QED) is 0.778. The van der Waals surface area contributed by atoms with E-state index in [1.54, 1.807) is 23.3 Å². The molecule has 3 aromatic rings. The Kier molecular flexibility index (Phi) is 4.70. The number of nitrogens with one attached hydrogen (secondary N) is 1. The number of nitrogens with zero attached hydrogens (tertiary/aromatic N) is 4. The van der Waals surface area contributed by atoms with Crippen molar-refractivity contribution in [2.45, 2.75) is 39.4 Å². The Labute approximate surface area is 147 Å². The number of aromatic nitrogens is 4. The summed E-state index contributed by atoms with van der Waals surface area (Å²) in [7, 11) is 0. The molecule has 1 N–H and O–H groups in total. The molecule has 25 heavy (non-hydrogen) atoms. The van der Waals surface area contributed by atoms with Gasteiger partial charge in [0.1, 0.15) is 0 Å². The molecule has 0 atom stereocenters. The average Bonchev–Trinajstić information content (AvgIpc) is 3.23. The summed E-state index contributed by atoms with van der Waals surface area (Å²) in [6.45, 7) is 7.29. The summed E-state index contributed by atoms with van der Waals surface area (Å²) in [5, 5.41) is 11.5. The summed E-state index contributed by atoms with van der Waals surface area (Å²) in [6, 6.07) is 10.1. The summed E-state index contributed by atoms with van der Waals surface area (Å²) in [4.78, 5) is 12.3. The van der Waals surface area contributed by atoms with Crippen molar-refractivity contribution in [2.75, 3.05) is 0 Å². The number of rotatable bonds is 5. The number of hydrogen-bond acceptors (Lipinski definition) is 3. The van der Waals surface area contributed by atoms with Crippen molar-refractivity contribution in [3.8, 4) is 0 Å². The van der Waals surface area contributed by atoms with E-state index in [9.17, 15) is 4.79 Å². The predicted octanol–water partition coefficient (Wildman–Crippen LogP) is 2.81. The summed E-state index contributed by atoms with van der Waals surface area (Å²) in [5.41, 5.74) is 2.58. The molecular weight excluding hydrogens is 314 g/mol. The number of benzene rings is 1. The third-order valence-corrected chi connectivity index (χ3v) is 3.86. The Morgan fingerprint density at radius 3 is 2.48 bits per heavy atom. The Bertz CT molecular complexity index is 842. The average molecular weight is 337 g/mol. The minimum Gasteiger partial charge on any atom is -0.348 e. The SMILES string of the molecule is CC(C)(C)n1cc(C(=O)NCc2cnn(Cc3ccccc3)c2)cn1. The van der Waals surface area contributed by atoms with E-state index in [4.69, 9.17) is 0 Å². The molecule has 2 heterocycles. The van der Waals surface area contributed by atoms with Gasteiger partial charge >= 0.3 is 0 Å². The van der Waals surface area contributed by atoms with Gasteiger partial charge in [0.15, 0.2) is 0 Å². The normalized spacial score (nSPS) is 11.5. The lowest BCUT2D eigenvalue weighted by atomic mass is 10.1. The second-order valence-corrected chi connectivity index (χ2v) is 7.06. The van der Waals surface area contributed by atoms with Gasteiger partial charge in [-0.05, 0) is 26.3 Å². The first-order valence-electron chi connectivity index (χ1n) is 8.30. The van der Waals surface area contributed by atoms with Crippen LogP contribution in [0.2, 0.25) is 0 Å². The van der Waals surface area contributed by atoms with Gasteiger partial charge in [-0.2, -0.15) is 10.2 Å². The van der Waals surface area contributed by atoms with Crippen molar-refractivity contribution in [2.24, 2.45) is 0 Å². The van der Waals surface area contributed by atoms with Crippen LogP contribution in [0.4, 0.5) is 0 Å². The lowest BCUT2D eigenvalue weighted by Gasteiger charge is -2.18. The molecule has 0 aliphatic rings. The Morgan fingerprint density at radius 2 is 1.80 bits per heavy atom. The van der Waals surface area contributed by atoms with E-state index >= 15 is 0 Å². The van der Waals surface area contributed by atoms with Crippen LogP contribution in [0.5, 0.6) is 0 Å². The van der Waals surface area contributed by atoms with Crippen LogP contribution in [-0.2, 0) is 18.6 Å². The third-order valence-electron chi connectivity index (χ3n) is 3.86. The van der Waals surface area contributed by atoms with Crippen molar-refractivity contribution in [3.05, 3.63) is 71.8 Å². The van der Waals surface area contributed by atoms with Crippen LogP contribution in [0.3, 0.4) is 0 Å². The highest BCUT2D eigenvalue weighted by molar-refractivity contribution is 5.93. The van der Waals surface area contributed by atoms with E-state index in [0.29, 0.717) is 18.7 Å². The Hall–Kier alpha value is -2.89. The van der Waals surface area contributed by atoms with Crippen molar-refractivity contribution < 1.29 is 4.79 Å². The summed E-state index contributed by atoms with van der Waals surface area (Å²) in [5.74, 6) is -0.133. The lowest BCUT2D eigenvalue weighted by Crippen LogP contribution is -2.24. The van der Waals surface area contributed by atoms with Gasteiger partial charge in [0.2, 0.25) is 0 Å². The number of hydrogen-bond donors (Lipinski definition) is 1. The molecule has 6 nitrogen and oxygen atoms in total. The van der Waals surface area contributed by atoms with Gasteiger partial charge in [-0.1, -0.05) is 30.3 Å². The van der Waals surface area contributed by atoms with Gasteiger partial charge in [0.25, 0.3) is 5.91 Å². The molecule has 3 rings (SSSR count). The Morgan fingerprint density at radius 1 is 1.04 bits per heavy atom. The van der Waals surface area contributed by atoms with Crippen molar-refractivity contribution >= 4 is 5.91 Å². The molecule has 0 saturated heterocycles. The van der Waals surface area contributed by atoms with Crippen LogP contribution >= 0.6 is 0 Å². The van der Waals surface area contributed by atoms with Crippen LogP contribution in [0.15, 0.2) is 55.1 Å². The molecule has 1 amide bonds. The van der Waals surface area contributed by atoms with E-state index in [1.807, 2.05) is 49.8 Å². The van der Waals surface area contributed by atoms with Crippen molar-refractivity contribution in [3.63, 3.8) is 0 Å². The predicted molar refractivity (Wildman–Crippen MR) is 96.2 cm³/mol. The van der Waals surface area contributed by atoms with Gasteiger partial charge < -0.3 is 5.32 Å². The fourth-order valence-corrected chi connectivity index (χ4v) is 2.45. The first-order valence-corrected chi connectivity index (χ1v) is 8.30. The van der Waals surface area contributed by atoms with Gasteiger partial charge in [0.05, 0.1) is 30.0 Å². The Balaban J connectivity index is 1.57. The minimum absolute atomic E-state index is 0.133. The van der Waals surface area contributed by atoms with Crippen LogP contribution in [0, 0.1) is 0 Å². The monoisotopic (exact) mass is 337 g/mol. The highest BCUT2D eigenvalue weighted by atomic mass is 16.1. The first kappa shape index (κ1) is 17.0. The van der Waals surface area contributed by atoms with Crippen LogP contribution in [0.25, 0.3) is 0 Å². The minimum atomic E-state index is -0.142. The standard InChI is InChI=1S/C19H23N5O/c1-19(2,3)24-14-17(11-22-24)18(25)20-9-16-10-21-23(13-16)12-15-7-5-4-6-8-15/h4-8,10-11,13-14H,9,12H2,1-3H3,(H,20,25). The molecule has 0 fully saturated rings. The summed E-state index contributed by atoms with van der Waals surface area (Å²) < 4.78 is 3.66. The molecular formula is C19H23N5O. The van der Waals surface area contributed by atoms with Gasteiger partial charge in [0, 0.05) is 24.5 Å². The maximum atomic E-state index is 12.3. The number of carbonyl (C=O) groups excluding carboxylic acids is 1. The molecule has 0 unspecified atom stereocenters. The molecule has 0 radical (unpaired) electrons. The molecule has 0 bridgehead atoms. The summed E-state index contributed by atoms with van der Waals surface area (Å²) >= 11 is 0. The van der Waals surface area contributed by atoms with Gasteiger partial charge in [-0.3, -0.25) is 14.2 Å². The second-order valence-electron chi connectivity index (χ2n) is 7.06. The van der Waals surface area contributed by atoms with Crippen LogP contribution < -0.4 is 5.32 Å². The largest absolute Gasteiger partial charge is 0.348 e. The molecule has 0 spiro atoms. The van der Waals surface area contributed by atoms with Gasteiger partial charge in [-0.25, -0.2) is 0 Å². The topological polar surface area (TPSA) is 64.7 Å². The van der Waals surface area contributed by atoms with E-state index in [0.717, 1.165) is 5.56 Å². The second kappa shape index (κ2) is 6.93. The van der Waals surface area contributed by atoms with Gasteiger partial charge in [-0.15, -0.1) is 0 Å². The third kappa shape index (κ3) is 4.35. The fraction of sp³-hybridized carbons (Fsp3) is 0.316. The maximum absolute atomic E-state index is 12.3. The molecule has 6 heteroatoms. The van der Waals surface area contributed by atoms with E-state index in [-0.39, 0.29) is 11.4 Å². The number of carbonyl (C=O) groups is 1. The lowest BCUT2D eigenvalue weighted by molar-refractivity contribution is 0.0950. The maximum Gasteiger partial charge on any atom is 0.254 e. The number of amides is 1. The van der Waals surface area contributed by atoms with Crippen LogP contribution in [-0.4, -0.2) is 25.5 Å². The highest BCUT2D eigenvalue weighted by Gasteiger charge is 2.16. The fourth-order valence-electron chi connectivity index (χ4n) is 2.45. The van der Waals surface area contributed by atoms with E-state index in [2.05, 4.69) is 27.6 Å². The molecule has 1 aromatic carbocycles. The zero-order valence-corrected chi connectivity index (χ0v) is 14.8. The molecule has 130 valence electrons. The molecule has 0 aliphatic carbocycles. The molecule has 0 saturated carbocycles. The smallest absolute Gasteiger partial charge is 0.254 e. The van der Waals surface area contributed by atoms with Crippen LogP contribution in [0.1, 0.15) is 42.3 Å². The van der Waals surface area contributed by atoms with Crippen molar-refractivity contribution in [1.82, 2.24) is 24.9 Å². The molecule has 2 aromatic heterocycles.